The summed E-state index contributed by atoms with van der Waals surface area (Å²) in [5, 5.41) is 4.19. The van der Waals surface area contributed by atoms with E-state index in [1.165, 1.54) is 0 Å². The molecule has 0 spiro atoms. The van der Waals surface area contributed by atoms with Crippen molar-refractivity contribution in [2.24, 2.45) is 0 Å². The van der Waals surface area contributed by atoms with Crippen LogP contribution in [0.5, 0.6) is 5.75 Å². The van der Waals surface area contributed by atoms with Gasteiger partial charge in [-0.25, -0.2) is 0 Å². The second kappa shape index (κ2) is 4.37. The number of anilines is 2. The molecular formula is C12H16N4O. The molecule has 5 heteroatoms. The van der Waals surface area contributed by atoms with Crippen LogP contribution in [-0.2, 0) is 6.54 Å². The van der Waals surface area contributed by atoms with Crippen LogP contribution in [0.3, 0.4) is 0 Å². The van der Waals surface area contributed by atoms with Gasteiger partial charge in [0.25, 0.3) is 0 Å². The van der Waals surface area contributed by atoms with Gasteiger partial charge in [0.15, 0.2) is 5.82 Å². The number of ether oxygens (including phenoxy) is 1. The minimum Gasteiger partial charge on any atom is -0.497 e. The van der Waals surface area contributed by atoms with Crippen molar-refractivity contribution in [2.75, 3.05) is 18.6 Å². The summed E-state index contributed by atoms with van der Waals surface area (Å²) in [5.74, 6) is 1.22. The summed E-state index contributed by atoms with van der Waals surface area (Å²) in [6.45, 7) is 2.56. The molecule has 0 bridgehead atoms. The number of benzene rings is 1. The first-order valence-corrected chi connectivity index (χ1v) is 5.33. The van der Waals surface area contributed by atoms with Gasteiger partial charge in [-0.1, -0.05) is 12.1 Å². The van der Waals surface area contributed by atoms with Crippen LogP contribution in [0.2, 0.25) is 0 Å². The number of nitrogens with zero attached hydrogens (tertiary/aromatic N) is 2. The second-order valence-electron chi connectivity index (χ2n) is 3.89. The van der Waals surface area contributed by atoms with E-state index in [1.54, 1.807) is 11.8 Å². The molecule has 0 unspecified atom stereocenters. The van der Waals surface area contributed by atoms with Gasteiger partial charge in [0.05, 0.1) is 25.0 Å². The monoisotopic (exact) mass is 232 g/mol. The first-order chi connectivity index (χ1) is 8.11. The lowest BCUT2D eigenvalue weighted by atomic mass is 10.2. The molecule has 2 aromatic rings. The van der Waals surface area contributed by atoms with Crippen molar-refractivity contribution in [1.29, 1.82) is 0 Å². The molecule has 17 heavy (non-hydrogen) atoms. The third kappa shape index (κ3) is 2.18. The summed E-state index contributed by atoms with van der Waals surface area (Å²) >= 11 is 0. The maximum Gasteiger partial charge on any atom is 0.169 e. The van der Waals surface area contributed by atoms with E-state index in [0.29, 0.717) is 18.1 Å². The third-order valence-corrected chi connectivity index (χ3v) is 2.77. The van der Waals surface area contributed by atoms with Crippen molar-refractivity contribution in [3.63, 3.8) is 0 Å². The fourth-order valence-corrected chi connectivity index (χ4v) is 1.64. The highest BCUT2D eigenvalue weighted by Gasteiger charge is 2.08. The molecule has 0 atom stereocenters. The maximum atomic E-state index is 5.77. The summed E-state index contributed by atoms with van der Waals surface area (Å²) in [6, 6.07) is 7.82. The molecule has 90 valence electrons. The SMILES string of the molecule is COc1ccc(Cn2nc(N)c(N)c2C)cc1. The summed E-state index contributed by atoms with van der Waals surface area (Å²) in [4.78, 5) is 0. The Bertz CT molecular complexity index is 516. The lowest BCUT2D eigenvalue weighted by molar-refractivity contribution is 0.414. The average molecular weight is 232 g/mol. The van der Waals surface area contributed by atoms with Gasteiger partial charge in [-0.3, -0.25) is 4.68 Å². The van der Waals surface area contributed by atoms with E-state index in [-0.39, 0.29) is 0 Å². The third-order valence-electron chi connectivity index (χ3n) is 2.77. The fraction of sp³-hybridized carbons (Fsp3) is 0.250. The second-order valence-corrected chi connectivity index (χ2v) is 3.89. The molecule has 0 amide bonds. The molecule has 0 aliphatic heterocycles. The molecule has 1 aromatic heterocycles. The van der Waals surface area contributed by atoms with E-state index >= 15 is 0 Å². The Morgan fingerprint density at radius 3 is 2.35 bits per heavy atom. The predicted octanol–water partition coefficient (Wildman–Crippen LogP) is 1.41. The van der Waals surface area contributed by atoms with E-state index in [2.05, 4.69) is 5.10 Å². The lowest BCUT2D eigenvalue weighted by Crippen LogP contribution is -2.04. The van der Waals surface area contributed by atoms with Crippen LogP contribution in [-0.4, -0.2) is 16.9 Å². The van der Waals surface area contributed by atoms with Crippen molar-refractivity contribution >= 4 is 11.5 Å². The molecule has 0 radical (unpaired) electrons. The van der Waals surface area contributed by atoms with Gasteiger partial charge in [0.1, 0.15) is 5.75 Å². The lowest BCUT2D eigenvalue weighted by Gasteiger charge is -2.05. The van der Waals surface area contributed by atoms with E-state index in [9.17, 15) is 0 Å². The van der Waals surface area contributed by atoms with Crippen molar-refractivity contribution in [2.45, 2.75) is 13.5 Å². The number of methoxy groups -OCH3 is 1. The van der Waals surface area contributed by atoms with Crippen LogP contribution < -0.4 is 16.2 Å². The topological polar surface area (TPSA) is 79.1 Å². The first-order valence-electron chi connectivity index (χ1n) is 5.33. The van der Waals surface area contributed by atoms with Crippen LogP contribution in [0.4, 0.5) is 11.5 Å². The summed E-state index contributed by atoms with van der Waals surface area (Å²) in [7, 11) is 1.65. The van der Waals surface area contributed by atoms with Crippen LogP contribution in [0.1, 0.15) is 11.3 Å². The molecular weight excluding hydrogens is 216 g/mol. The van der Waals surface area contributed by atoms with Gasteiger partial charge in [-0.15, -0.1) is 0 Å². The van der Waals surface area contributed by atoms with Gasteiger partial charge < -0.3 is 16.2 Å². The van der Waals surface area contributed by atoms with Gasteiger partial charge >= 0.3 is 0 Å². The minimum absolute atomic E-state index is 0.385. The highest BCUT2D eigenvalue weighted by molar-refractivity contribution is 5.61. The Kier molecular flexibility index (Phi) is 2.91. The van der Waals surface area contributed by atoms with Gasteiger partial charge in [0, 0.05) is 0 Å². The largest absolute Gasteiger partial charge is 0.497 e. The van der Waals surface area contributed by atoms with Crippen molar-refractivity contribution in [3.05, 3.63) is 35.5 Å². The van der Waals surface area contributed by atoms with E-state index in [1.807, 2.05) is 31.2 Å². The highest BCUT2D eigenvalue weighted by Crippen LogP contribution is 2.19. The zero-order valence-electron chi connectivity index (χ0n) is 9.97. The minimum atomic E-state index is 0.385. The number of nitrogen functional groups attached to an aromatic ring is 2. The van der Waals surface area contributed by atoms with Crippen LogP contribution in [0.25, 0.3) is 0 Å². The van der Waals surface area contributed by atoms with Crippen LogP contribution in [0.15, 0.2) is 24.3 Å². The molecule has 0 saturated carbocycles. The zero-order valence-corrected chi connectivity index (χ0v) is 9.97. The zero-order chi connectivity index (χ0) is 12.4. The van der Waals surface area contributed by atoms with Gasteiger partial charge in [-0.05, 0) is 24.6 Å². The van der Waals surface area contributed by atoms with Crippen molar-refractivity contribution < 1.29 is 4.74 Å². The van der Waals surface area contributed by atoms with Gasteiger partial charge in [-0.2, -0.15) is 5.10 Å². The Labute approximate surface area is 100.0 Å². The van der Waals surface area contributed by atoms with Crippen LogP contribution >= 0.6 is 0 Å². The Hall–Kier alpha value is -2.17. The van der Waals surface area contributed by atoms with E-state index < -0.39 is 0 Å². The molecule has 1 aromatic carbocycles. The molecule has 1 heterocycles. The molecule has 0 saturated heterocycles. The number of hydrogen-bond acceptors (Lipinski definition) is 4. The standard InChI is InChI=1S/C12H16N4O/c1-8-11(13)12(14)15-16(8)7-9-3-5-10(17-2)6-4-9/h3-6H,7,13H2,1-2H3,(H2,14,15). The van der Waals surface area contributed by atoms with Crippen molar-refractivity contribution in [3.8, 4) is 5.75 Å². The number of nitrogens with two attached hydrogens (primary N) is 2. The normalized spacial score (nSPS) is 10.5. The summed E-state index contributed by atoms with van der Waals surface area (Å²) in [5.41, 5.74) is 14.0. The number of aromatic nitrogens is 2. The number of hydrogen-bond donors (Lipinski definition) is 2. The Morgan fingerprint density at radius 1 is 1.24 bits per heavy atom. The average Bonchev–Trinajstić information content (AvgIpc) is 2.58. The van der Waals surface area contributed by atoms with Crippen molar-refractivity contribution in [1.82, 2.24) is 9.78 Å². The van der Waals surface area contributed by atoms with E-state index in [0.717, 1.165) is 17.0 Å². The summed E-state index contributed by atoms with van der Waals surface area (Å²) < 4.78 is 6.90. The Morgan fingerprint density at radius 2 is 1.88 bits per heavy atom. The smallest absolute Gasteiger partial charge is 0.169 e. The predicted molar refractivity (Wildman–Crippen MR) is 67.9 cm³/mol. The summed E-state index contributed by atoms with van der Waals surface area (Å²) in [6.07, 6.45) is 0. The molecule has 2 rings (SSSR count). The number of rotatable bonds is 3. The fourth-order valence-electron chi connectivity index (χ4n) is 1.64. The van der Waals surface area contributed by atoms with E-state index in [4.69, 9.17) is 16.2 Å². The highest BCUT2D eigenvalue weighted by atomic mass is 16.5. The quantitative estimate of drug-likeness (QED) is 0.838. The maximum absolute atomic E-state index is 5.77. The Balaban J connectivity index is 2.22. The van der Waals surface area contributed by atoms with Crippen LogP contribution in [0, 0.1) is 6.92 Å². The molecule has 4 N–H and O–H groups in total. The van der Waals surface area contributed by atoms with Gasteiger partial charge in [0.2, 0.25) is 0 Å². The molecule has 0 fully saturated rings. The molecule has 5 nitrogen and oxygen atoms in total. The first kappa shape index (κ1) is 11.3. The molecule has 0 aliphatic carbocycles. The molecule has 0 aliphatic rings.